The van der Waals surface area contributed by atoms with Crippen molar-refractivity contribution in [3.63, 3.8) is 0 Å². The zero-order valence-corrected chi connectivity index (χ0v) is 13.9. The molecule has 1 aliphatic rings. The lowest BCUT2D eigenvalue weighted by Crippen LogP contribution is -2.43. The van der Waals surface area contributed by atoms with Crippen LogP contribution in [0.5, 0.6) is 0 Å². The number of nitrogens with zero attached hydrogens (tertiary/aromatic N) is 3. The molecule has 3 rings (SSSR count). The third-order valence-corrected chi connectivity index (χ3v) is 4.78. The van der Waals surface area contributed by atoms with E-state index in [9.17, 15) is 4.79 Å². The van der Waals surface area contributed by atoms with Crippen LogP contribution >= 0.6 is 0 Å². The zero-order valence-electron chi connectivity index (χ0n) is 13.9. The molecule has 1 N–H and O–H groups in total. The molecule has 2 heterocycles. The number of fused-ring (bicyclic) bond motifs is 1. The van der Waals surface area contributed by atoms with E-state index in [0.29, 0.717) is 12.6 Å². The van der Waals surface area contributed by atoms with Crippen molar-refractivity contribution >= 4 is 11.7 Å². The van der Waals surface area contributed by atoms with E-state index in [1.54, 1.807) is 0 Å². The molecule has 0 aliphatic heterocycles. The van der Waals surface area contributed by atoms with Gasteiger partial charge in [0.1, 0.15) is 5.65 Å². The summed E-state index contributed by atoms with van der Waals surface area (Å²) in [6.45, 7) is 0.470. The summed E-state index contributed by atoms with van der Waals surface area (Å²) in [4.78, 5) is 18.8. The van der Waals surface area contributed by atoms with Gasteiger partial charge in [0.2, 0.25) is 0 Å². The minimum atomic E-state index is 0.00706. The Morgan fingerprint density at radius 2 is 2.00 bits per heavy atom. The van der Waals surface area contributed by atoms with Crippen LogP contribution < -0.4 is 5.32 Å². The number of nitrogens with one attached hydrogen (secondary N) is 1. The van der Waals surface area contributed by atoms with E-state index < -0.39 is 0 Å². The van der Waals surface area contributed by atoms with Crippen LogP contribution in [0, 0.1) is 0 Å². The largest absolute Gasteiger partial charge is 0.332 e. The molecule has 2 aromatic rings. The first-order valence-corrected chi connectivity index (χ1v) is 8.67. The predicted octanol–water partition coefficient (Wildman–Crippen LogP) is 3.59. The first-order chi connectivity index (χ1) is 11.2. The average Bonchev–Trinajstić information content (AvgIpc) is 2.94. The highest BCUT2D eigenvalue weighted by molar-refractivity contribution is 5.74. The molecule has 23 heavy (non-hydrogen) atoms. The molecule has 5 heteroatoms. The maximum Gasteiger partial charge on any atom is 0.317 e. The number of carbonyl (C=O) groups is 1. The minimum absolute atomic E-state index is 0.00706. The standard InChI is InChI=1S/C18H26N4O/c1-21(16-9-5-3-2-4-6-10-16)18(23)19-13-15-14-22-12-8-7-11-17(22)20-15/h7-8,11-12,14,16H,2-6,9-10,13H2,1H3,(H,19,23). The van der Waals surface area contributed by atoms with Gasteiger partial charge in [-0.2, -0.15) is 0 Å². The molecular formula is C18H26N4O. The van der Waals surface area contributed by atoms with Crippen molar-refractivity contribution < 1.29 is 4.79 Å². The van der Waals surface area contributed by atoms with Crippen LogP contribution in [0.4, 0.5) is 4.79 Å². The molecule has 0 bridgehead atoms. The monoisotopic (exact) mass is 314 g/mol. The van der Waals surface area contributed by atoms with E-state index >= 15 is 0 Å². The molecule has 1 saturated carbocycles. The summed E-state index contributed by atoms with van der Waals surface area (Å²) in [7, 11) is 1.92. The third-order valence-electron chi connectivity index (χ3n) is 4.78. The number of imidazole rings is 1. The van der Waals surface area contributed by atoms with Gasteiger partial charge < -0.3 is 14.6 Å². The van der Waals surface area contributed by atoms with E-state index in [2.05, 4.69) is 10.3 Å². The molecule has 1 aliphatic carbocycles. The fourth-order valence-electron chi connectivity index (χ4n) is 3.35. The molecule has 1 fully saturated rings. The highest BCUT2D eigenvalue weighted by atomic mass is 16.2. The molecule has 0 spiro atoms. The van der Waals surface area contributed by atoms with Gasteiger partial charge >= 0.3 is 6.03 Å². The van der Waals surface area contributed by atoms with Crippen molar-refractivity contribution in [1.82, 2.24) is 19.6 Å². The Hall–Kier alpha value is -2.04. The van der Waals surface area contributed by atoms with E-state index in [4.69, 9.17) is 0 Å². The fraction of sp³-hybridized carbons (Fsp3) is 0.556. The second-order valence-corrected chi connectivity index (χ2v) is 6.47. The summed E-state index contributed by atoms with van der Waals surface area (Å²) in [6.07, 6.45) is 12.6. The van der Waals surface area contributed by atoms with Crippen LogP contribution in [-0.2, 0) is 6.54 Å². The summed E-state index contributed by atoms with van der Waals surface area (Å²) in [6, 6.07) is 6.28. The van der Waals surface area contributed by atoms with Crippen molar-refractivity contribution in [1.29, 1.82) is 0 Å². The van der Waals surface area contributed by atoms with Gasteiger partial charge in [-0.25, -0.2) is 9.78 Å². The topological polar surface area (TPSA) is 49.6 Å². The van der Waals surface area contributed by atoms with E-state index in [1.807, 2.05) is 46.9 Å². The average molecular weight is 314 g/mol. The Bertz CT molecular complexity index is 610. The number of amides is 2. The maximum atomic E-state index is 12.4. The summed E-state index contributed by atoms with van der Waals surface area (Å²) in [5.41, 5.74) is 1.79. The van der Waals surface area contributed by atoms with Gasteiger partial charge in [0.15, 0.2) is 0 Å². The number of hydrogen-bond acceptors (Lipinski definition) is 2. The lowest BCUT2D eigenvalue weighted by Gasteiger charge is -2.29. The molecular weight excluding hydrogens is 288 g/mol. The number of urea groups is 1. The fourth-order valence-corrected chi connectivity index (χ4v) is 3.35. The minimum Gasteiger partial charge on any atom is -0.332 e. The molecule has 2 amide bonds. The third kappa shape index (κ3) is 4.03. The first-order valence-electron chi connectivity index (χ1n) is 8.67. The van der Waals surface area contributed by atoms with Crippen LogP contribution in [0.25, 0.3) is 5.65 Å². The van der Waals surface area contributed by atoms with Crippen LogP contribution in [0.15, 0.2) is 30.6 Å². The summed E-state index contributed by atoms with van der Waals surface area (Å²) >= 11 is 0. The number of aromatic nitrogens is 2. The van der Waals surface area contributed by atoms with E-state index in [0.717, 1.165) is 24.2 Å². The quantitative estimate of drug-likeness (QED) is 0.941. The Balaban J connectivity index is 1.55. The highest BCUT2D eigenvalue weighted by Crippen LogP contribution is 2.20. The van der Waals surface area contributed by atoms with Crippen LogP contribution in [-0.4, -0.2) is 33.4 Å². The number of hydrogen-bond donors (Lipinski definition) is 1. The van der Waals surface area contributed by atoms with Gasteiger partial charge in [0.25, 0.3) is 0 Å². The summed E-state index contributed by atoms with van der Waals surface area (Å²) in [5, 5.41) is 3.00. The van der Waals surface area contributed by atoms with Crippen molar-refractivity contribution in [2.45, 2.75) is 57.5 Å². The molecule has 5 nitrogen and oxygen atoms in total. The van der Waals surface area contributed by atoms with Gasteiger partial charge in [0.05, 0.1) is 12.2 Å². The number of carbonyl (C=O) groups excluding carboxylic acids is 1. The lowest BCUT2D eigenvalue weighted by atomic mass is 9.96. The molecule has 0 aromatic carbocycles. The maximum absolute atomic E-state index is 12.4. The van der Waals surface area contributed by atoms with Gasteiger partial charge in [-0.05, 0) is 25.0 Å². The molecule has 0 saturated heterocycles. The van der Waals surface area contributed by atoms with Gasteiger partial charge in [0, 0.05) is 25.5 Å². The van der Waals surface area contributed by atoms with Crippen molar-refractivity contribution in [3.8, 4) is 0 Å². The Morgan fingerprint density at radius 1 is 1.26 bits per heavy atom. The highest BCUT2D eigenvalue weighted by Gasteiger charge is 2.20. The molecule has 0 atom stereocenters. The van der Waals surface area contributed by atoms with Crippen LogP contribution in [0.3, 0.4) is 0 Å². The van der Waals surface area contributed by atoms with E-state index in [1.165, 1.54) is 32.1 Å². The molecule has 124 valence electrons. The van der Waals surface area contributed by atoms with Gasteiger partial charge in [-0.15, -0.1) is 0 Å². The smallest absolute Gasteiger partial charge is 0.317 e. The molecule has 2 aromatic heterocycles. The normalized spacial score (nSPS) is 16.7. The molecule has 0 unspecified atom stereocenters. The van der Waals surface area contributed by atoms with Gasteiger partial charge in [-0.1, -0.05) is 38.2 Å². The first kappa shape index (κ1) is 15.8. The van der Waals surface area contributed by atoms with Crippen molar-refractivity contribution in [3.05, 3.63) is 36.3 Å². The van der Waals surface area contributed by atoms with Crippen LogP contribution in [0.2, 0.25) is 0 Å². The van der Waals surface area contributed by atoms with Crippen molar-refractivity contribution in [2.24, 2.45) is 0 Å². The van der Waals surface area contributed by atoms with Crippen molar-refractivity contribution in [2.75, 3.05) is 7.05 Å². The Morgan fingerprint density at radius 3 is 2.74 bits per heavy atom. The van der Waals surface area contributed by atoms with E-state index in [-0.39, 0.29) is 6.03 Å². The Labute approximate surface area is 137 Å². The number of rotatable bonds is 3. The zero-order chi connectivity index (χ0) is 16.1. The number of pyridine rings is 1. The second-order valence-electron chi connectivity index (χ2n) is 6.47. The molecule has 0 radical (unpaired) electrons. The van der Waals surface area contributed by atoms with Crippen LogP contribution in [0.1, 0.15) is 50.6 Å². The summed E-state index contributed by atoms with van der Waals surface area (Å²) < 4.78 is 1.97. The summed E-state index contributed by atoms with van der Waals surface area (Å²) in [5.74, 6) is 0. The Kier molecular flexibility index (Phi) is 5.16. The second kappa shape index (κ2) is 7.49. The predicted molar refractivity (Wildman–Crippen MR) is 91.3 cm³/mol. The SMILES string of the molecule is CN(C(=O)NCc1cn2ccccc2n1)C1CCCCCCC1. The lowest BCUT2D eigenvalue weighted by molar-refractivity contribution is 0.178. The van der Waals surface area contributed by atoms with Gasteiger partial charge in [-0.3, -0.25) is 0 Å².